The molecule has 1 aliphatic carbocycles. The molecule has 1 saturated carbocycles. The van der Waals surface area contributed by atoms with Gasteiger partial charge in [0.15, 0.2) is 0 Å². The van der Waals surface area contributed by atoms with Gasteiger partial charge in [0.25, 0.3) is 0 Å². The Morgan fingerprint density at radius 3 is 2.77 bits per heavy atom. The molecule has 0 bridgehead atoms. The van der Waals surface area contributed by atoms with Crippen molar-refractivity contribution in [2.75, 3.05) is 12.4 Å². The number of nitrogens with one attached hydrogen (secondary N) is 2. The van der Waals surface area contributed by atoms with Crippen molar-refractivity contribution in [2.45, 2.75) is 51.2 Å². The number of rotatable bonds is 6. The first-order chi connectivity index (χ1) is 15.2. The van der Waals surface area contributed by atoms with Crippen molar-refractivity contribution >= 4 is 39.5 Å². The molecular formula is C24H27N5OS. The Labute approximate surface area is 186 Å². The van der Waals surface area contributed by atoms with Gasteiger partial charge in [0, 0.05) is 30.1 Å². The monoisotopic (exact) mass is 433 g/mol. The van der Waals surface area contributed by atoms with Crippen LogP contribution in [0.1, 0.15) is 36.8 Å². The van der Waals surface area contributed by atoms with Crippen molar-refractivity contribution in [3.8, 4) is 5.75 Å². The minimum Gasteiger partial charge on any atom is -0.497 e. The maximum absolute atomic E-state index is 5.37. The van der Waals surface area contributed by atoms with Gasteiger partial charge in [0.05, 0.1) is 24.4 Å². The Balaban J connectivity index is 1.24. The lowest BCUT2D eigenvalue weighted by Gasteiger charge is -2.31. The normalized spacial score (nSPS) is 19.0. The van der Waals surface area contributed by atoms with Crippen LogP contribution in [0.15, 0.2) is 42.5 Å². The van der Waals surface area contributed by atoms with E-state index in [0.717, 1.165) is 41.1 Å². The lowest BCUT2D eigenvalue weighted by atomic mass is 9.90. The fraction of sp³-hybridized carbons (Fsp3) is 0.375. The molecule has 1 fully saturated rings. The fourth-order valence-corrected chi connectivity index (χ4v) is 5.02. The van der Waals surface area contributed by atoms with Gasteiger partial charge in [-0.2, -0.15) is 8.75 Å². The average Bonchev–Trinajstić information content (AvgIpc) is 3.25. The minimum atomic E-state index is 0.423. The molecule has 160 valence electrons. The highest BCUT2D eigenvalue weighted by molar-refractivity contribution is 7.00. The van der Waals surface area contributed by atoms with E-state index in [4.69, 9.17) is 9.72 Å². The largest absolute Gasteiger partial charge is 0.497 e. The molecule has 0 spiro atoms. The van der Waals surface area contributed by atoms with Crippen LogP contribution < -0.4 is 15.4 Å². The van der Waals surface area contributed by atoms with Crippen LogP contribution >= 0.6 is 11.7 Å². The number of aryl methyl sites for hydroxylation is 1. The van der Waals surface area contributed by atoms with E-state index in [2.05, 4.69) is 56.6 Å². The second kappa shape index (κ2) is 8.77. The summed E-state index contributed by atoms with van der Waals surface area (Å²) in [4.78, 5) is 4.86. The number of anilines is 1. The maximum atomic E-state index is 5.37. The molecule has 0 unspecified atom stereocenters. The summed E-state index contributed by atoms with van der Waals surface area (Å²) in [6, 6.07) is 15.5. The number of hydrogen-bond donors (Lipinski definition) is 2. The third-order valence-corrected chi connectivity index (χ3v) is 6.72. The van der Waals surface area contributed by atoms with E-state index >= 15 is 0 Å². The Kier molecular flexibility index (Phi) is 5.70. The summed E-state index contributed by atoms with van der Waals surface area (Å²) in [5.74, 6) is 1.79. The van der Waals surface area contributed by atoms with E-state index in [1.165, 1.54) is 47.5 Å². The molecule has 31 heavy (non-hydrogen) atoms. The predicted octanol–water partition coefficient (Wildman–Crippen LogP) is 5.07. The smallest absolute Gasteiger partial charge is 0.127 e. The van der Waals surface area contributed by atoms with E-state index in [1.54, 1.807) is 7.11 Å². The van der Waals surface area contributed by atoms with Gasteiger partial charge < -0.3 is 15.4 Å². The van der Waals surface area contributed by atoms with Crippen LogP contribution in [0.2, 0.25) is 0 Å². The highest BCUT2D eigenvalue weighted by atomic mass is 32.1. The first-order valence-electron chi connectivity index (χ1n) is 10.8. The molecule has 0 aliphatic heterocycles. The number of nitrogens with zero attached hydrogens (tertiary/aromatic N) is 3. The standard InChI is InChI=1S/C24H27N5OS/c1-15-10-24(27-22-13-19(30-2)7-8-20(15)22)26-18-5-3-4-17(12-18)25-14-16-6-9-21-23(11-16)29-31-28-21/h6-11,13,17-18,25H,3-5,12,14H2,1-2H3,(H,26,27)/t17-,18-/m0/s1. The lowest BCUT2D eigenvalue weighted by Crippen LogP contribution is -2.38. The van der Waals surface area contributed by atoms with Crippen LogP contribution in [-0.4, -0.2) is 32.9 Å². The van der Waals surface area contributed by atoms with Gasteiger partial charge in [-0.25, -0.2) is 4.98 Å². The van der Waals surface area contributed by atoms with Crippen molar-refractivity contribution in [1.29, 1.82) is 0 Å². The van der Waals surface area contributed by atoms with Gasteiger partial charge >= 0.3 is 0 Å². The molecule has 2 N–H and O–H groups in total. The number of benzene rings is 2. The molecule has 2 atom stereocenters. The molecule has 0 radical (unpaired) electrons. The third kappa shape index (κ3) is 4.48. The lowest BCUT2D eigenvalue weighted by molar-refractivity contribution is 0.350. The molecule has 2 aromatic carbocycles. The topological polar surface area (TPSA) is 72.0 Å². The summed E-state index contributed by atoms with van der Waals surface area (Å²) in [5.41, 5.74) is 5.43. The Morgan fingerprint density at radius 2 is 1.87 bits per heavy atom. The van der Waals surface area contributed by atoms with Crippen LogP contribution in [0.4, 0.5) is 5.82 Å². The number of aromatic nitrogens is 3. The van der Waals surface area contributed by atoms with E-state index in [9.17, 15) is 0 Å². The number of methoxy groups -OCH3 is 1. The summed E-state index contributed by atoms with van der Waals surface area (Å²) in [6.45, 7) is 3.00. The van der Waals surface area contributed by atoms with Crippen molar-refractivity contribution < 1.29 is 4.74 Å². The number of pyridine rings is 1. The fourth-order valence-electron chi connectivity index (χ4n) is 4.50. The molecule has 2 aromatic heterocycles. The van der Waals surface area contributed by atoms with Gasteiger partial charge in [-0.05, 0) is 74.1 Å². The molecular weight excluding hydrogens is 406 g/mol. The molecule has 1 aliphatic rings. The molecule has 4 aromatic rings. The summed E-state index contributed by atoms with van der Waals surface area (Å²) >= 11 is 1.27. The second-order valence-corrected chi connectivity index (χ2v) is 8.91. The molecule has 2 heterocycles. The summed E-state index contributed by atoms with van der Waals surface area (Å²) in [7, 11) is 1.69. The molecule has 0 saturated heterocycles. The van der Waals surface area contributed by atoms with E-state index in [0.29, 0.717) is 12.1 Å². The van der Waals surface area contributed by atoms with Crippen LogP contribution in [0, 0.1) is 6.92 Å². The molecule has 6 nitrogen and oxygen atoms in total. The van der Waals surface area contributed by atoms with Crippen molar-refractivity contribution in [3.05, 3.63) is 53.6 Å². The molecule has 7 heteroatoms. The average molecular weight is 434 g/mol. The number of hydrogen-bond acceptors (Lipinski definition) is 7. The maximum Gasteiger partial charge on any atom is 0.127 e. The van der Waals surface area contributed by atoms with Crippen molar-refractivity contribution in [3.63, 3.8) is 0 Å². The Morgan fingerprint density at radius 1 is 1.00 bits per heavy atom. The van der Waals surface area contributed by atoms with Crippen molar-refractivity contribution in [1.82, 2.24) is 19.0 Å². The van der Waals surface area contributed by atoms with Crippen LogP contribution in [0.3, 0.4) is 0 Å². The SMILES string of the molecule is COc1ccc2c(C)cc(N[C@H]3CCC[C@H](NCc4ccc5nsnc5c4)C3)nc2c1. The molecule has 0 amide bonds. The first kappa shape index (κ1) is 20.2. The summed E-state index contributed by atoms with van der Waals surface area (Å²) in [5, 5.41) is 8.60. The summed E-state index contributed by atoms with van der Waals surface area (Å²) < 4.78 is 14.0. The minimum absolute atomic E-state index is 0.423. The van der Waals surface area contributed by atoms with Gasteiger partial charge in [-0.15, -0.1) is 0 Å². The third-order valence-electron chi connectivity index (χ3n) is 6.16. The first-order valence-corrected chi connectivity index (χ1v) is 11.6. The van der Waals surface area contributed by atoms with Crippen molar-refractivity contribution in [2.24, 2.45) is 0 Å². The second-order valence-electron chi connectivity index (χ2n) is 8.38. The van der Waals surface area contributed by atoms with Gasteiger partial charge in [0.2, 0.25) is 0 Å². The number of fused-ring (bicyclic) bond motifs is 2. The predicted molar refractivity (Wildman–Crippen MR) is 127 cm³/mol. The zero-order valence-electron chi connectivity index (χ0n) is 17.9. The Hall–Kier alpha value is -2.77. The van der Waals surface area contributed by atoms with E-state index in [1.807, 2.05) is 12.1 Å². The van der Waals surface area contributed by atoms with E-state index in [-0.39, 0.29) is 0 Å². The van der Waals surface area contributed by atoms with Gasteiger partial charge in [-0.3, -0.25) is 0 Å². The van der Waals surface area contributed by atoms with E-state index < -0.39 is 0 Å². The highest BCUT2D eigenvalue weighted by Gasteiger charge is 2.22. The van der Waals surface area contributed by atoms with Crippen LogP contribution in [0.25, 0.3) is 21.9 Å². The van der Waals surface area contributed by atoms with Crippen LogP contribution in [0.5, 0.6) is 5.75 Å². The summed E-state index contributed by atoms with van der Waals surface area (Å²) in [6.07, 6.45) is 4.69. The highest BCUT2D eigenvalue weighted by Crippen LogP contribution is 2.27. The van der Waals surface area contributed by atoms with Gasteiger partial charge in [-0.1, -0.05) is 6.07 Å². The zero-order valence-corrected chi connectivity index (χ0v) is 18.7. The quantitative estimate of drug-likeness (QED) is 0.442. The van der Waals surface area contributed by atoms with Gasteiger partial charge in [0.1, 0.15) is 22.6 Å². The molecule has 5 rings (SSSR count). The van der Waals surface area contributed by atoms with Crippen LogP contribution in [-0.2, 0) is 6.54 Å². The Bertz CT molecular complexity index is 1210. The number of ether oxygens (including phenoxy) is 1. The zero-order chi connectivity index (χ0) is 21.2.